The number of morpholine rings is 1. The van der Waals surface area contributed by atoms with Crippen molar-refractivity contribution in [2.45, 2.75) is 17.4 Å². The Bertz CT molecular complexity index is 407. The molecule has 2 saturated heterocycles. The Labute approximate surface area is 114 Å². The smallest absolute Gasteiger partial charge is 0.0594 e. The zero-order valence-electron chi connectivity index (χ0n) is 10.6. The third-order valence-electron chi connectivity index (χ3n) is 3.95. The van der Waals surface area contributed by atoms with E-state index in [4.69, 9.17) is 4.74 Å². The number of rotatable bonds is 2. The van der Waals surface area contributed by atoms with Crippen molar-refractivity contribution in [2.24, 2.45) is 0 Å². The van der Waals surface area contributed by atoms with E-state index in [2.05, 4.69) is 40.6 Å². The number of para-hydroxylation sites is 1. The average molecular weight is 264 g/mol. The summed E-state index contributed by atoms with van der Waals surface area (Å²) in [7, 11) is 0. The minimum atomic E-state index is 0.682. The van der Waals surface area contributed by atoms with Gasteiger partial charge in [0, 0.05) is 37.1 Å². The van der Waals surface area contributed by atoms with E-state index < -0.39 is 0 Å². The molecule has 0 bridgehead atoms. The van der Waals surface area contributed by atoms with Gasteiger partial charge >= 0.3 is 0 Å². The Morgan fingerprint density at radius 2 is 1.89 bits per heavy atom. The predicted molar refractivity (Wildman–Crippen MR) is 76.7 cm³/mol. The maximum Gasteiger partial charge on any atom is 0.0594 e. The third kappa shape index (κ3) is 2.51. The zero-order valence-corrected chi connectivity index (χ0v) is 11.5. The second-order valence-electron chi connectivity index (χ2n) is 5.03. The zero-order chi connectivity index (χ0) is 12.4. The van der Waals surface area contributed by atoms with Crippen molar-refractivity contribution in [3.8, 4) is 0 Å². The molecule has 1 aromatic rings. The highest BCUT2D eigenvalue weighted by Gasteiger charge is 2.29. The van der Waals surface area contributed by atoms with Crippen LogP contribution in [0.4, 0.5) is 5.69 Å². The molecule has 0 saturated carbocycles. The Morgan fingerprint density at radius 1 is 1.11 bits per heavy atom. The van der Waals surface area contributed by atoms with Gasteiger partial charge in [-0.25, -0.2) is 0 Å². The van der Waals surface area contributed by atoms with Gasteiger partial charge in [-0.3, -0.25) is 4.90 Å². The van der Waals surface area contributed by atoms with Crippen molar-refractivity contribution >= 4 is 18.3 Å². The largest absolute Gasteiger partial charge is 0.379 e. The molecule has 0 N–H and O–H groups in total. The first-order valence-corrected chi connectivity index (χ1v) is 7.14. The predicted octanol–water partition coefficient (Wildman–Crippen LogP) is 1.89. The van der Waals surface area contributed by atoms with Crippen LogP contribution in [0.15, 0.2) is 29.2 Å². The molecule has 2 aliphatic rings. The van der Waals surface area contributed by atoms with Gasteiger partial charge in [-0.1, -0.05) is 12.1 Å². The summed E-state index contributed by atoms with van der Waals surface area (Å²) in [5.41, 5.74) is 1.27. The summed E-state index contributed by atoms with van der Waals surface area (Å²) in [5, 5.41) is 0. The van der Waals surface area contributed by atoms with Gasteiger partial charge in [0.1, 0.15) is 0 Å². The van der Waals surface area contributed by atoms with E-state index in [1.807, 2.05) is 6.07 Å². The monoisotopic (exact) mass is 264 g/mol. The number of benzene rings is 1. The molecule has 1 atom stereocenters. The van der Waals surface area contributed by atoms with Crippen molar-refractivity contribution in [1.29, 1.82) is 0 Å². The molecule has 0 radical (unpaired) electrons. The molecule has 0 amide bonds. The van der Waals surface area contributed by atoms with E-state index in [9.17, 15) is 0 Å². The normalized spacial score (nSPS) is 25.6. The van der Waals surface area contributed by atoms with Gasteiger partial charge in [-0.15, -0.1) is 12.6 Å². The summed E-state index contributed by atoms with van der Waals surface area (Å²) in [6, 6.07) is 9.06. The average Bonchev–Trinajstić information content (AvgIpc) is 2.90. The third-order valence-corrected chi connectivity index (χ3v) is 4.33. The van der Waals surface area contributed by atoms with Crippen LogP contribution in [0, 0.1) is 0 Å². The molecule has 1 aromatic carbocycles. The lowest BCUT2D eigenvalue weighted by atomic mass is 10.2. The highest BCUT2D eigenvalue weighted by atomic mass is 32.1. The molecular formula is C14H20N2OS. The van der Waals surface area contributed by atoms with Crippen molar-refractivity contribution in [3.63, 3.8) is 0 Å². The first kappa shape index (κ1) is 12.3. The maximum atomic E-state index is 5.42. The molecule has 0 spiro atoms. The number of ether oxygens (including phenoxy) is 1. The molecule has 3 nitrogen and oxygen atoms in total. The quantitative estimate of drug-likeness (QED) is 0.822. The van der Waals surface area contributed by atoms with Gasteiger partial charge in [0.15, 0.2) is 0 Å². The fourth-order valence-electron chi connectivity index (χ4n) is 2.93. The van der Waals surface area contributed by atoms with Crippen LogP contribution in [0.1, 0.15) is 6.42 Å². The van der Waals surface area contributed by atoms with Gasteiger partial charge in [-0.2, -0.15) is 0 Å². The van der Waals surface area contributed by atoms with E-state index in [1.54, 1.807) is 0 Å². The van der Waals surface area contributed by atoms with Crippen LogP contribution in [0.2, 0.25) is 0 Å². The minimum Gasteiger partial charge on any atom is -0.379 e. The fraction of sp³-hybridized carbons (Fsp3) is 0.571. The molecule has 0 aliphatic carbocycles. The molecule has 4 heteroatoms. The lowest BCUT2D eigenvalue weighted by Gasteiger charge is -2.32. The van der Waals surface area contributed by atoms with Crippen LogP contribution in [-0.2, 0) is 4.74 Å². The molecule has 1 unspecified atom stereocenters. The maximum absolute atomic E-state index is 5.42. The minimum absolute atomic E-state index is 0.682. The van der Waals surface area contributed by atoms with Crippen molar-refractivity contribution < 1.29 is 4.74 Å². The van der Waals surface area contributed by atoms with Crippen LogP contribution in [0.3, 0.4) is 0 Å². The molecule has 2 fully saturated rings. The summed E-state index contributed by atoms with van der Waals surface area (Å²) in [6.07, 6.45) is 1.25. The van der Waals surface area contributed by atoms with Crippen molar-refractivity contribution in [2.75, 3.05) is 44.3 Å². The van der Waals surface area contributed by atoms with Gasteiger partial charge in [0.25, 0.3) is 0 Å². The number of anilines is 1. The Kier molecular flexibility index (Phi) is 3.77. The number of thiol groups is 1. The highest BCUT2D eigenvalue weighted by molar-refractivity contribution is 7.80. The van der Waals surface area contributed by atoms with Gasteiger partial charge in [-0.05, 0) is 18.6 Å². The van der Waals surface area contributed by atoms with E-state index in [1.165, 1.54) is 12.1 Å². The number of hydrogen-bond acceptors (Lipinski definition) is 4. The summed E-state index contributed by atoms with van der Waals surface area (Å²) >= 11 is 4.55. The van der Waals surface area contributed by atoms with Gasteiger partial charge < -0.3 is 9.64 Å². The summed E-state index contributed by atoms with van der Waals surface area (Å²) in [4.78, 5) is 6.12. The first-order valence-electron chi connectivity index (χ1n) is 6.69. The van der Waals surface area contributed by atoms with Gasteiger partial charge in [0.2, 0.25) is 0 Å². The topological polar surface area (TPSA) is 15.7 Å². The van der Waals surface area contributed by atoms with Crippen LogP contribution in [0.5, 0.6) is 0 Å². The Balaban J connectivity index is 1.66. The van der Waals surface area contributed by atoms with Crippen molar-refractivity contribution in [1.82, 2.24) is 4.90 Å². The van der Waals surface area contributed by atoms with Crippen LogP contribution >= 0.6 is 12.6 Å². The summed E-state index contributed by atoms with van der Waals surface area (Å²) in [5.74, 6) is 0. The molecule has 0 aromatic heterocycles. The van der Waals surface area contributed by atoms with Crippen LogP contribution in [-0.4, -0.2) is 50.3 Å². The number of hydrogen-bond donors (Lipinski definition) is 1. The number of nitrogens with zero attached hydrogens (tertiary/aromatic N) is 2. The van der Waals surface area contributed by atoms with E-state index in [0.717, 1.165) is 44.3 Å². The van der Waals surface area contributed by atoms with E-state index in [0.29, 0.717) is 6.04 Å². The van der Waals surface area contributed by atoms with Crippen molar-refractivity contribution in [3.05, 3.63) is 24.3 Å². The van der Waals surface area contributed by atoms with E-state index >= 15 is 0 Å². The second kappa shape index (κ2) is 5.51. The highest BCUT2D eigenvalue weighted by Crippen LogP contribution is 2.28. The molecule has 2 heterocycles. The van der Waals surface area contributed by atoms with Crippen LogP contribution in [0.25, 0.3) is 0 Å². The molecule has 2 aliphatic heterocycles. The lowest BCUT2D eigenvalue weighted by Crippen LogP contribution is -2.44. The molecular weight excluding hydrogens is 244 g/mol. The van der Waals surface area contributed by atoms with Crippen LogP contribution < -0.4 is 4.90 Å². The van der Waals surface area contributed by atoms with Gasteiger partial charge in [0.05, 0.1) is 18.9 Å². The summed E-state index contributed by atoms with van der Waals surface area (Å²) in [6.45, 7) is 6.21. The molecule has 3 rings (SSSR count). The van der Waals surface area contributed by atoms with E-state index in [-0.39, 0.29) is 0 Å². The summed E-state index contributed by atoms with van der Waals surface area (Å²) < 4.78 is 5.42. The fourth-order valence-corrected chi connectivity index (χ4v) is 3.23. The Hall–Kier alpha value is -0.710. The SMILES string of the molecule is Sc1ccccc1N1CCC(N2CCOCC2)C1. The second-order valence-corrected chi connectivity index (χ2v) is 5.51. The first-order chi connectivity index (χ1) is 8.84. The molecule has 98 valence electrons. The standard InChI is InChI=1S/C14H20N2OS/c18-14-4-2-1-3-13(14)16-6-5-12(11-16)15-7-9-17-10-8-15/h1-4,12,18H,5-11H2. The lowest BCUT2D eigenvalue weighted by molar-refractivity contribution is 0.0209. The Morgan fingerprint density at radius 3 is 2.67 bits per heavy atom. The molecule has 18 heavy (non-hydrogen) atoms.